The van der Waals surface area contributed by atoms with Gasteiger partial charge in [0.25, 0.3) is 0 Å². The van der Waals surface area contributed by atoms with Gasteiger partial charge in [-0.3, -0.25) is 4.79 Å². The van der Waals surface area contributed by atoms with E-state index in [1.54, 1.807) is 0 Å². The number of hydroxylamine groups is 2. The van der Waals surface area contributed by atoms with Crippen LogP contribution in [0.4, 0.5) is 0 Å². The predicted octanol–water partition coefficient (Wildman–Crippen LogP) is 2.89. The molecule has 4 unspecified atom stereocenters. The van der Waals surface area contributed by atoms with Crippen molar-refractivity contribution < 1.29 is 9.08 Å². The van der Waals surface area contributed by atoms with E-state index < -0.39 is 0 Å². The highest BCUT2D eigenvalue weighted by Gasteiger charge is 2.37. The van der Waals surface area contributed by atoms with Crippen molar-refractivity contribution in [2.75, 3.05) is 26.2 Å². The Kier molecular flexibility index (Phi) is 5.60. The lowest BCUT2D eigenvalue weighted by Gasteiger charge is -2.31. The number of hydrogen-bond donors (Lipinski definition) is 0. The van der Waals surface area contributed by atoms with Gasteiger partial charge in [-0.05, 0) is 38.0 Å². The van der Waals surface area contributed by atoms with Gasteiger partial charge in [-0.15, -0.1) is 23.2 Å². The molecule has 4 atom stereocenters. The Hall–Kier alpha value is 0.320. The highest BCUT2D eigenvalue weighted by Crippen LogP contribution is 2.35. The van der Waals surface area contributed by atoms with Crippen LogP contribution in [0.15, 0.2) is 0 Å². The Balaban J connectivity index is 1.47. The summed E-state index contributed by atoms with van der Waals surface area (Å²) in [7, 11) is 0. The molecule has 0 aromatic carbocycles. The van der Waals surface area contributed by atoms with Crippen molar-refractivity contribution in [3.63, 3.8) is 0 Å². The summed E-state index contributed by atoms with van der Waals surface area (Å²) in [6, 6.07) is 0. The maximum Gasteiger partial charge on any atom is 0.239 e. The van der Waals surface area contributed by atoms with Crippen LogP contribution >= 0.6 is 35.2 Å². The molecule has 0 N–H and O–H groups in total. The summed E-state index contributed by atoms with van der Waals surface area (Å²) in [5, 5.41) is 2.16. The highest BCUT2D eigenvalue weighted by molar-refractivity contribution is 7.96. The first kappa shape index (κ1) is 16.2. The van der Waals surface area contributed by atoms with Gasteiger partial charge in [-0.25, -0.2) is 4.28 Å². The Morgan fingerprint density at radius 3 is 2.71 bits per heavy atom. The topological polar surface area (TPSA) is 32.8 Å². The van der Waals surface area contributed by atoms with E-state index in [9.17, 15) is 4.79 Å². The molecule has 3 fully saturated rings. The van der Waals surface area contributed by atoms with Crippen molar-refractivity contribution in [1.82, 2.24) is 9.96 Å². The van der Waals surface area contributed by atoms with Gasteiger partial charge >= 0.3 is 0 Å². The molecule has 1 aliphatic carbocycles. The van der Waals surface area contributed by atoms with Gasteiger partial charge < -0.3 is 4.90 Å². The van der Waals surface area contributed by atoms with E-state index in [1.165, 1.54) is 12.0 Å². The van der Waals surface area contributed by atoms with Crippen molar-refractivity contribution in [2.24, 2.45) is 5.92 Å². The minimum atomic E-state index is -0.0822. The van der Waals surface area contributed by atoms with Crippen molar-refractivity contribution in [3.8, 4) is 0 Å². The number of carbonyl (C=O) groups is 1. The van der Waals surface area contributed by atoms with Crippen LogP contribution < -0.4 is 0 Å². The minimum Gasteiger partial charge on any atom is -0.342 e. The van der Waals surface area contributed by atoms with Crippen molar-refractivity contribution in [1.29, 1.82) is 0 Å². The molecule has 0 aromatic heterocycles. The van der Waals surface area contributed by atoms with E-state index in [0.717, 1.165) is 51.7 Å². The molecule has 7 heteroatoms. The molecule has 0 bridgehead atoms. The lowest BCUT2D eigenvalue weighted by atomic mass is 9.88. The number of carbonyl (C=O) groups excluding carboxylic acids is 1. The maximum absolute atomic E-state index is 12.3. The molecule has 3 rings (SSSR count). The molecule has 21 heavy (non-hydrogen) atoms. The van der Waals surface area contributed by atoms with Crippen LogP contribution in [0.3, 0.4) is 0 Å². The van der Waals surface area contributed by atoms with E-state index in [-0.39, 0.29) is 21.9 Å². The second-order valence-electron chi connectivity index (χ2n) is 6.23. The Morgan fingerprint density at radius 2 is 2.00 bits per heavy atom. The average molecular weight is 353 g/mol. The summed E-state index contributed by atoms with van der Waals surface area (Å²) in [6.07, 6.45) is 5.18. The zero-order valence-electron chi connectivity index (χ0n) is 12.0. The summed E-state index contributed by atoms with van der Waals surface area (Å²) >= 11 is 13.9. The molecular formula is C14H22Cl2N2O2S. The predicted molar refractivity (Wildman–Crippen MR) is 86.5 cm³/mol. The van der Waals surface area contributed by atoms with Crippen LogP contribution in [-0.4, -0.2) is 58.1 Å². The average Bonchev–Trinajstić information content (AvgIpc) is 3.12. The quantitative estimate of drug-likeness (QED) is 0.577. The number of halogens is 2. The maximum atomic E-state index is 12.3. The fraction of sp³-hybridized carbons (Fsp3) is 0.929. The van der Waals surface area contributed by atoms with Gasteiger partial charge in [-0.2, -0.15) is 5.06 Å². The van der Waals surface area contributed by atoms with E-state index in [2.05, 4.69) is 0 Å². The van der Waals surface area contributed by atoms with Crippen molar-refractivity contribution >= 4 is 41.2 Å². The Morgan fingerprint density at radius 1 is 1.24 bits per heavy atom. The van der Waals surface area contributed by atoms with Crippen molar-refractivity contribution in [3.05, 3.63) is 0 Å². The molecule has 3 aliphatic rings. The molecule has 2 aliphatic heterocycles. The minimum absolute atomic E-state index is 0.0822. The van der Waals surface area contributed by atoms with Crippen molar-refractivity contribution in [2.45, 2.75) is 48.1 Å². The van der Waals surface area contributed by atoms with Crippen LogP contribution in [0.1, 0.15) is 32.1 Å². The standard InChI is InChI=1S/C14H22Cl2N2O2S/c15-11-4-3-10(12(16)7-11)8-18-9-13(21-20-18)14(19)17-5-1-2-6-17/h10-13H,1-9H2. The molecule has 0 spiro atoms. The number of rotatable bonds is 3. The molecular weight excluding hydrogens is 331 g/mol. The largest absolute Gasteiger partial charge is 0.342 e. The third kappa shape index (κ3) is 3.99. The Labute approximate surface area is 140 Å². The van der Waals surface area contributed by atoms with Crippen LogP contribution in [-0.2, 0) is 9.08 Å². The zero-order chi connectivity index (χ0) is 14.8. The van der Waals surface area contributed by atoms with Crippen LogP contribution in [0.25, 0.3) is 0 Å². The second kappa shape index (κ2) is 7.26. The number of alkyl halides is 2. The monoisotopic (exact) mass is 352 g/mol. The summed E-state index contributed by atoms with van der Waals surface area (Å²) in [5.74, 6) is 0.634. The molecule has 4 nitrogen and oxygen atoms in total. The van der Waals surface area contributed by atoms with Crippen LogP contribution in [0.2, 0.25) is 0 Å². The lowest BCUT2D eigenvalue weighted by molar-refractivity contribution is -0.130. The van der Waals surface area contributed by atoms with Gasteiger partial charge in [-0.1, -0.05) is 0 Å². The van der Waals surface area contributed by atoms with Gasteiger partial charge in [0.1, 0.15) is 5.25 Å². The molecule has 2 saturated heterocycles. The molecule has 1 saturated carbocycles. The van der Waals surface area contributed by atoms with Gasteiger partial charge in [0.15, 0.2) is 0 Å². The third-order valence-electron chi connectivity index (χ3n) is 4.61. The van der Waals surface area contributed by atoms with E-state index in [1.807, 2.05) is 9.96 Å². The number of nitrogens with zero attached hydrogens (tertiary/aromatic N) is 2. The van der Waals surface area contributed by atoms with Crippen LogP contribution in [0.5, 0.6) is 0 Å². The fourth-order valence-electron chi connectivity index (χ4n) is 3.32. The molecule has 120 valence electrons. The number of hydrogen-bond acceptors (Lipinski definition) is 4. The highest BCUT2D eigenvalue weighted by atomic mass is 35.5. The fourth-order valence-corrected chi connectivity index (χ4v) is 4.96. The summed E-state index contributed by atoms with van der Waals surface area (Å²) < 4.78 is 5.64. The van der Waals surface area contributed by atoms with E-state index in [4.69, 9.17) is 27.5 Å². The molecule has 1 amide bonds. The number of likely N-dealkylation sites (tertiary alicyclic amines) is 1. The normalized spacial score (nSPS) is 38.1. The molecule has 2 heterocycles. The van der Waals surface area contributed by atoms with Gasteiger partial charge in [0.2, 0.25) is 5.91 Å². The first-order valence-electron chi connectivity index (χ1n) is 7.79. The molecule has 0 aromatic rings. The van der Waals surface area contributed by atoms with Gasteiger partial charge in [0.05, 0.1) is 0 Å². The summed E-state index contributed by atoms with van der Waals surface area (Å²) in [5.41, 5.74) is 0. The zero-order valence-corrected chi connectivity index (χ0v) is 14.4. The second-order valence-corrected chi connectivity index (χ2v) is 8.31. The van der Waals surface area contributed by atoms with Gasteiger partial charge in [0, 0.05) is 49.0 Å². The first-order valence-corrected chi connectivity index (χ1v) is 9.46. The van der Waals surface area contributed by atoms with Crippen LogP contribution in [0, 0.1) is 5.92 Å². The van der Waals surface area contributed by atoms with E-state index in [0.29, 0.717) is 12.5 Å². The summed E-state index contributed by atoms with van der Waals surface area (Å²) in [4.78, 5) is 14.3. The first-order chi connectivity index (χ1) is 10.1. The lowest BCUT2D eigenvalue weighted by Crippen LogP contribution is -2.40. The summed E-state index contributed by atoms with van der Waals surface area (Å²) in [6.45, 7) is 3.28. The van der Waals surface area contributed by atoms with E-state index >= 15 is 0 Å². The Bertz CT molecular complexity index is 382. The SMILES string of the molecule is O=C(C1CN(CC2CCC(Cl)CC2Cl)OS1)N1CCCC1. The molecule has 0 radical (unpaired) electrons. The number of amides is 1. The smallest absolute Gasteiger partial charge is 0.239 e. The third-order valence-corrected chi connectivity index (χ3v) is 6.42.